The molecule has 6 nitrogen and oxygen atoms in total. The molecule has 1 aromatic rings. The molecule has 1 aliphatic heterocycles. The van der Waals surface area contributed by atoms with Crippen LogP contribution in [-0.4, -0.2) is 45.9 Å². The van der Waals surface area contributed by atoms with Gasteiger partial charge in [-0.25, -0.2) is 9.59 Å². The van der Waals surface area contributed by atoms with Crippen LogP contribution in [0.15, 0.2) is 24.3 Å². The molecule has 0 saturated carbocycles. The van der Waals surface area contributed by atoms with Gasteiger partial charge in [0.25, 0.3) is 0 Å². The number of carboxylic acids is 1. The molecule has 1 aliphatic rings. The number of carboxylic acid groups (broad SMARTS) is 2. The molecule has 2 atom stereocenters. The van der Waals surface area contributed by atoms with Crippen LogP contribution in [0.3, 0.4) is 0 Å². The molecule has 1 amide bonds. The van der Waals surface area contributed by atoms with E-state index in [0.29, 0.717) is 6.61 Å². The molecule has 0 spiro atoms. The second kappa shape index (κ2) is 6.40. The number of halogens is 1. The lowest BCUT2D eigenvalue weighted by molar-refractivity contribution is -0.141. The van der Waals surface area contributed by atoms with Gasteiger partial charge in [0.15, 0.2) is 0 Å². The number of carbonyl (C=O) groups is 2. The number of nitrogens with zero attached hydrogens (tertiary/aromatic N) is 1. The Morgan fingerprint density at radius 2 is 2.15 bits per heavy atom. The molecule has 2 N–H and O–H groups in total. The first kappa shape index (κ1) is 15.0. The van der Waals surface area contributed by atoms with Crippen molar-refractivity contribution in [1.29, 1.82) is 0 Å². The smallest absolute Gasteiger partial charge is 0.408 e. The monoisotopic (exact) mass is 391 g/mol. The van der Waals surface area contributed by atoms with Crippen molar-refractivity contribution >= 4 is 34.7 Å². The third kappa shape index (κ3) is 3.60. The van der Waals surface area contributed by atoms with Gasteiger partial charge in [-0.05, 0) is 40.3 Å². The van der Waals surface area contributed by atoms with Crippen molar-refractivity contribution in [1.82, 2.24) is 4.90 Å². The van der Waals surface area contributed by atoms with Crippen LogP contribution in [-0.2, 0) is 16.1 Å². The van der Waals surface area contributed by atoms with Crippen LogP contribution < -0.4 is 0 Å². The summed E-state index contributed by atoms with van der Waals surface area (Å²) in [4.78, 5) is 22.9. The Labute approximate surface area is 129 Å². The Balaban J connectivity index is 1.95. The second-order valence-electron chi connectivity index (χ2n) is 4.59. The summed E-state index contributed by atoms with van der Waals surface area (Å²) in [5, 5.41) is 18.0. The summed E-state index contributed by atoms with van der Waals surface area (Å²) >= 11 is 2.20. The summed E-state index contributed by atoms with van der Waals surface area (Å²) in [5.74, 6) is -1.13. The van der Waals surface area contributed by atoms with Crippen LogP contribution in [0.1, 0.15) is 12.0 Å². The first-order valence-electron chi connectivity index (χ1n) is 6.06. The number of ether oxygens (including phenoxy) is 1. The number of hydrogen-bond donors (Lipinski definition) is 2. The van der Waals surface area contributed by atoms with Gasteiger partial charge in [-0.1, -0.05) is 12.1 Å². The molecule has 0 bridgehead atoms. The maximum Gasteiger partial charge on any atom is 0.408 e. The van der Waals surface area contributed by atoms with Gasteiger partial charge in [0.2, 0.25) is 0 Å². The number of amides is 1. The number of hydrogen-bond acceptors (Lipinski definition) is 3. The lowest BCUT2D eigenvalue weighted by Crippen LogP contribution is -2.39. The van der Waals surface area contributed by atoms with Gasteiger partial charge in [0.05, 0.1) is 19.3 Å². The maximum atomic E-state index is 11.0. The number of benzene rings is 1. The Bertz CT molecular complexity index is 499. The predicted molar refractivity (Wildman–Crippen MR) is 78.5 cm³/mol. The maximum absolute atomic E-state index is 11.0. The van der Waals surface area contributed by atoms with E-state index in [0.717, 1.165) is 14.0 Å². The Kier molecular flexibility index (Phi) is 4.81. The topological polar surface area (TPSA) is 87.1 Å². The zero-order chi connectivity index (χ0) is 14.7. The Hall–Kier alpha value is -1.35. The highest BCUT2D eigenvalue weighted by Crippen LogP contribution is 2.22. The van der Waals surface area contributed by atoms with Gasteiger partial charge in [-0.2, -0.15) is 0 Å². The van der Waals surface area contributed by atoms with Crippen molar-refractivity contribution in [2.75, 3.05) is 6.54 Å². The van der Waals surface area contributed by atoms with E-state index in [1.807, 2.05) is 24.3 Å². The van der Waals surface area contributed by atoms with Crippen LogP contribution in [0.5, 0.6) is 0 Å². The lowest BCUT2D eigenvalue weighted by Gasteiger charge is -2.16. The summed E-state index contributed by atoms with van der Waals surface area (Å²) in [6.45, 7) is 0.442. The zero-order valence-electron chi connectivity index (χ0n) is 10.5. The van der Waals surface area contributed by atoms with Crippen molar-refractivity contribution in [3.63, 3.8) is 0 Å². The molecule has 0 unspecified atom stereocenters. The summed E-state index contributed by atoms with van der Waals surface area (Å²) in [6.07, 6.45) is -1.42. The van der Waals surface area contributed by atoms with Crippen molar-refractivity contribution < 1.29 is 24.5 Å². The van der Waals surface area contributed by atoms with Crippen LogP contribution >= 0.6 is 22.6 Å². The third-order valence-electron chi connectivity index (χ3n) is 3.17. The zero-order valence-corrected chi connectivity index (χ0v) is 12.7. The molecule has 1 heterocycles. The molecule has 108 valence electrons. The molecule has 0 aliphatic carbocycles. The number of rotatable bonds is 4. The first-order chi connectivity index (χ1) is 9.47. The SMILES string of the molecule is O=C(O)[C@@H]1C[C@@H](OCc2cccc(I)c2)CN1C(=O)O. The molecular formula is C13H14INO5. The largest absolute Gasteiger partial charge is 0.480 e. The van der Waals surface area contributed by atoms with E-state index in [-0.39, 0.29) is 19.1 Å². The van der Waals surface area contributed by atoms with Crippen LogP contribution in [0.2, 0.25) is 0 Å². The minimum Gasteiger partial charge on any atom is -0.480 e. The lowest BCUT2D eigenvalue weighted by atomic mass is 10.2. The fourth-order valence-electron chi connectivity index (χ4n) is 2.20. The summed E-state index contributed by atoms with van der Waals surface area (Å²) < 4.78 is 6.72. The highest BCUT2D eigenvalue weighted by atomic mass is 127. The van der Waals surface area contributed by atoms with Gasteiger partial charge in [0.1, 0.15) is 6.04 Å². The molecule has 20 heavy (non-hydrogen) atoms. The van der Waals surface area contributed by atoms with Crippen molar-refractivity contribution in [3.8, 4) is 0 Å². The van der Waals surface area contributed by atoms with E-state index >= 15 is 0 Å². The van der Waals surface area contributed by atoms with E-state index in [4.69, 9.17) is 14.9 Å². The summed E-state index contributed by atoms with van der Waals surface area (Å²) in [7, 11) is 0. The number of aliphatic carboxylic acids is 1. The third-order valence-corrected chi connectivity index (χ3v) is 3.84. The van der Waals surface area contributed by atoms with Crippen molar-refractivity contribution in [2.45, 2.75) is 25.2 Å². The highest BCUT2D eigenvalue weighted by Gasteiger charge is 2.40. The second-order valence-corrected chi connectivity index (χ2v) is 5.83. The quantitative estimate of drug-likeness (QED) is 0.767. The summed E-state index contributed by atoms with van der Waals surface area (Å²) in [6, 6.07) is 6.75. The molecular weight excluding hydrogens is 377 g/mol. The average Bonchev–Trinajstić information content (AvgIpc) is 2.81. The fraction of sp³-hybridized carbons (Fsp3) is 0.385. The van der Waals surface area contributed by atoms with Gasteiger partial charge in [-0.15, -0.1) is 0 Å². The predicted octanol–water partition coefficient (Wildman–Crippen LogP) is 2.01. The van der Waals surface area contributed by atoms with Crippen molar-refractivity contribution in [3.05, 3.63) is 33.4 Å². The van der Waals surface area contributed by atoms with Crippen LogP contribution in [0.25, 0.3) is 0 Å². The fourth-order valence-corrected chi connectivity index (χ4v) is 2.81. The molecule has 2 rings (SSSR count). The molecule has 7 heteroatoms. The minimum absolute atomic E-state index is 0.0935. The van der Waals surface area contributed by atoms with Crippen LogP contribution in [0, 0.1) is 3.57 Å². The average molecular weight is 391 g/mol. The van der Waals surface area contributed by atoms with E-state index in [1.165, 1.54) is 0 Å². The van der Waals surface area contributed by atoms with Crippen molar-refractivity contribution in [2.24, 2.45) is 0 Å². The molecule has 1 fully saturated rings. The van der Waals surface area contributed by atoms with Crippen LogP contribution in [0.4, 0.5) is 4.79 Å². The Morgan fingerprint density at radius 1 is 1.40 bits per heavy atom. The van der Waals surface area contributed by atoms with Gasteiger partial charge >= 0.3 is 12.1 Å². The summed E-state index contributed by atoms with van der Waals surface area (Å²) in [5.41, 5.74) is 0.984. The normalized spacial score (nSPS) is 21.9. The van der Waals surface area contributed by atoms with E-state index in [9.17, 15) is 9.59 Å². The molecule has 0 aromatic heterocycles. The number of likely N-dealkylation sites (tertiary alicyclic amines) is 1. The van der Waals surface area contributed by atoms with E-state index in [2.05, 4.69) is 22.6 Å². The Morgan fingerprint density at radius 3 is 2.70 bits per heavy atom. The highest BCUT2D eigenvalue weighted by molar-refractivity contribution is 14.1. The molecule has 0 radical (unpaired) electrons. The molecule has 1 aromatic carbocycles. The molecule has 1 saturated heterocycles. The van der Waals surface area contributed by atoms with E-state index in [1.54, 1.807) is 0 Å². The van der Waals surface area contributed by atoms with Gasteiger partial charge < -0.3 is 14.9 Å². The van der Waals surface area contributed by atoms with E-state index < -0.39 is 18.1 Å². The standard InChI is InChI=1S/C13H14INO5/c14-9-3-1-2-8(4-9)7-20-10-5-11(12(16)17)15(6-10)13(18)19/h1-4,10-11H,5-7H2,(H,16,17)(H,18,19)/t10-,11+/m1/s1. The van der Waals surface area contributed by atoms with Gasteiger partial charge in [0, 0.05) is 9.99 Å². The first-order valence-corrected chi connectivity index (χ1v) is 7.13. The van der Waals surface area contributed by atoms with Gasteiger partial charge in [-0.3, -0.25) is 4.90 Å². The minimum atomic E-state index is -1.22.